The first-order chi connectivity index (χ1) is 13.7. The Bertz CT molecular complexity index is 748. The van der Waals surface area contributed by atoms with Gasteiger partial charge in [0, 0.05) is 29.7 Å². The SMILES string of the molecule is C=Nc1cc2c(cc1Br)C(=O)N(CCOCCOCCNC(=O)OC(C)(C)C)C2. The third-order valence-corrected chi connectivity index (χ3v) is 4.65. The summed E-state index contributed by atoms with van der Waals surface area (Å²) in [5, 5.41) is 2.62. The van der Waals surface area contributed by atoms with Gasteiger partial charge in [-0.3, -0.25) is 9.79 Å². The summed E-state index contributed by atoms with van der Waals surface area (Å²) < 4.78 is 16.8. The molecule has 0 spiro atoms. The molecule has 2 rings (SSSR count). The second kappa shape index (κ2) is 10.7. The van der Waals surface area contributed by atoms with Crippen molar-refractivity contribution in [3.8, 4) is 0 Å². The average molecular weight is 470 g/mol. The number of carbonyl (C=O) groups is 2. The summed E-state index contributed by atoms with van der Waals surface area (Å²) in [5.41, 5.74) is 1.84. The Hall–Kier alpha value is -1.97. The Morgan fingerprint density at radius 3 is 2.59 bits per heavy atom. The maximum atomic E-state index is 12.5. The first kappa shape index (κ1) is 23.3. The molecule has 0 aromatic heterocycles. The number of alkyl carbamates (subject to hydrolysis) is 1. The van der Waals surface area contributed by atoms with E-state index in [-0.39, 0.29) is 5.91 Å². The van der Waals surface area contributed by atoms with Crippen LogP contribution in [0.5, 0.6) is 0 Å². The van der Waals surface area contributed by atoms with Gasteiger partial charge in [0.25, 0.3) is 5.91 Å². The van der Waals surface area contributed by atoms with Crippen LogP contribution in [0.1, 0.15) is 36.7 Å². The fourth-order valence-corrected chi connectivity index (χ4v) is 3.19. The number of amides is 2. The number of carbonyl (C=O) groups excluding carboxylic acids is 2. The maximum absolute atomic E-state index is 12.5. The van der Waals surface area contributed by atoms with Gasteiger partial charge >= 0.3 is 6.09 Å². The zero-order valence-corrected chi connectivity index (χ0v) is 18.7. The number of nitrogens with zero attached hydrogens (tertiary/aromatic N) is 2. The van der Waals surface area contributed by atoms with Crippen molar-refractivity contribution < 1.29 is 23.8 Å². The quantitative estimate of drug-likeness (QED) is 0.419. The molecule has 0 fully saturated rings. The molecule has 2 amide bonds. The lowest BCUT2D eigenvalue weighted by atomic mass is 10.1. The van der Waals surface area contributed by atoms with Gasteiger partial charge in [-0.1, -0.05) is 0 Å². The number of ether oxygens (including phenoxy) is 3. The van der Waals surface area contributed by atoms with E-state index in [0.717, 1.165) is 15.7 Å². The normalized spacial score (nSPS) is 13.4. The Morgan fingerprint density at radius 1 is 1.24 bits per heavy atom. The minimum absolute atomic E-state index is 0.00983. The molecule has 1 aromatic rings. The van der Waals surface area contributed by atoms with E-state index in [1.54, 1.807) is 11.0 Å². The molecule has 160 valence electrons. The van der Waals surface area contributed by atoms with Crippen molar-refractivity contribution >= 4 is 40.3 Å². The van der Waals surface area contributed by atoms with E-state index in [9.17, 15) is 9.59 Å². The van der Waals surface area contributed by atoms with Gasteiger partial charge in [0.05, 0.1) is 32.1 Å². The van der Waals surface area contributed by atoms with Crippen molar-refractivity contribution in [3.05, 3.63) is 27.7 Å². The van der Waals surface area contributed by atoms with Crippen molar-refractivity contribution in [1.29, 1.82) is 0 Å². The maximum Gasteiger partial charge on any atom is 0.407 e. The van der Waals surface area contributed by atoms with E-state index < -0.39 is 11.7 Å². The van der Waals surface area contributed by atoms with Crippen LogP contribution in [0.3, 0.4) is 0 Å². The third kappa shape index (κ3) is 7.41. The number of halogens is 1. The Balaban J connectivity index is 1.56. The largest absolute Gasteiger partial charge is 0.444 e. The Morgan fingerprint density at radius 2 is 1.93 bits per heavy atom. The van der Waals surface area contributed by atoms with Gasteiger partial charge in [0.2, 0.25) is 0 Å². The van der Waals surface area contributed by atoms with E-state index in [0.29, 0.717) is 51.6 Å². The lowest BCUT2D eigenvalue weighted by Gasteiger charge is -2.19. The van der Waals surface area contributed by atoms with Crippen LogP contribution in [0.25, 0.3) is 0 Å². The fraction of sp³-hybridized carbons (Fsp3) is 0.550. The van der Waals surface area contributed by atoms with E-state index in [1.807, 2.05) is 26.8 Å². The van der Waals surface area contributed by atoms with Crippen LogP contribution in [0.4, 0.5) is 10.5 Å². The molecule has 29 heavy (non-hydrogen) atoms. The van der Waals surface area contributed by atoms with Crippen molar-refractivity contribution in [2.24, 2.45) is 4.99 Å². The number of hydrogen-bond acceptors (Lipinski definition) is 6. The van der Waals surface area contributed by atoms with Crippen molar-refractivity contribution in [2.75, 3.05) is 39.5 Å². The number of aliphatic imine (C=N–C) groups is 1. The molecule has 8 nitrogen and oxygen atoms in total. The Kier molecular flexibility index (Phi) is 8.60. The molecular weight excluding hydrogens is 442 g/mol. The minimum Gasteiger partial charge on any atom is -0.444 e. The lowest BCUT2D eigenvalue weighted by Crippen LogP contribution is -2.34. The first-order valence-corrected chi connectivity index (χ1v) is 10.2. The molecule has 0 radical (unpaired) electrons. The zero-order chi connectivity index (χ0) is 21.4. The van der Waals surface area contributed by atoms with Crippen LogP contribution in [-0.2, 0) is 20.8 Å². The molecule has 0 atom stereocenters. The molecular formula is C20H28BrN3O5. The van der Waals surface area contributed by atoms with Gasteiger partial charge < -0.3 is 24.4 Å². The summed E-state index contributed by atoms with van der Waals surface area (Å²) in [7, 11) is 0. The number of hydrogen-bond donors (Lipinski definition) is 1. The van der Waals surface area contributed by atoms with Gasteiger partial charge in [-0.15, -0.1) is 0 Å². The number of nitrogens with one attached hydrogen (secondary N) is 1. The topological polar surface area (TPSA) is 89.5 Å². The minimum atomic E-state index is -0.516. The molecule has 1 aliphatic heterocycles. The third-order valence-electron chi connectivity index (χ3n) is 4.01. The number of fused-ring (bicyclic) bond motifs is 1. The first-order valence-electron chi connectivity index (χ1n) is 9.42. The molecule has 1 aromatic carbocycles. The highest BCUT2D eigenvalue weighted by Crippen LogP contribution is 2.33. The Labute approximate surface area is 179 Å². The van der Waals surface area contributed by atoms with E-state index in [4.69, 9.17) is 14.2 Å². The molecule has 0 bridgehead atoms. The second-order valence-electron chi connectivity index (χ2n) is 7.50. The summed E-state index contributed by atoms with van der Waals surface area (Å²) in [6, 6.07) is 3.67. The van der Waals surface area contributed by atoms with E-state index >= 15 is 0 Å². The zero-order valence-electron chi connectivity index (χ0n) is 17.1. The van der Waals surface area contributed by atoms with E-state index in [1.165, 1.54) is 0 Å². The van der Waals surface area contributed by atoms with Crippen molar-refractivity contribution in [1.82, 2.24) is 10.2 Å². The average Bonchev–Trinajstić information content (AvgIpc) is 2.93. The van der Waals surface area contributed by atoms with Crippen LogP contribution in [0.2, 0.25) is 0 Å². The summed E-state index contributed by atoms with van der Waals surface area (Å²) in [4.78, 5) is 29.6. The smallest absolute Gasteiger partial charge is 0.407 e. The second-order valence-corrected chi connectivity index (χ2v) is 8.35. The highest BCUT2D eigenvalue weighted by molar-refractivity contribution is 9.10. The summed E-state index contributed by atoms with van der Waals surface area (Å²) >= 11 is 3.40. The van der Waals surface area contributed by atoms with Crippen LogP contribution in [0, 0.1) is 0 Å². The van der Waals surface area contributed by atoms with Crippen molar-refractivity contribution in [3.63, 3.8) is 0 Å². The predicted molar refractivity (Wildman–Crippen MR) is 114 cm³/mol. The molecule has 0 saturated heterocycles. The molecule has 0 saturated carbocycles. The summed E-state index contributed by atoms with van der Waals surface area (Å²) in [6.45, 7) is 12.0. The van der Waals surface area contributed by atoms with Crippen LogP contribution in [0.15, 0.2) is 21.6 Å². The molecule has 1 heterocycles. The van der Waals surface area contributed by atoms with E-state index in [2.05, 4.69) is 33.0 Å². The van der Waals surface area contributed by atoms with Crippen LogP contribution in [-0.4, -0.2) is 68.7 Å². The van der Waals surface area contributed by atoms with Gasteiger partial charge in [0.1, 0.15) is 5.60 Å². The lowest BCUT2D eigenvalue weighted by molar-refractivity contribution is 0.0331. The van der Waals surface area contributed by atoms with Crippen LogP contribution >= 0.6 is 15.9 Å². The molecule has 0 unspecified atom stereocenters. The van der Waals surface area contributed by atoms with Gasteiger partial charge in [-0.05, 0) is 61.1 Å². The summed E-state index contributed by atoms with van der Waals surface area (Å²) in [5.74, 6) is -0.00983. The standard InChI is InChI=1S/C20H28BrN3O5/c1-20(2,3)29-19(26)23-5-7-27-9-10-28-8-6-24-13-14-11-17(22-4)16(21)12-15(14)18(24)25/h11-12H,4-10,13H2,1-3H3,(H,23,26). The molecule has 0 aliphatic carbocycles. The van der Waals surface area contributed by atoms with Crippen molar-refractivity contribution in [2.45, 2.75) is 32.9 Å². The predicted octanol–water partition coefficient (Wildman–Crippen LogP) is 3.29. The molecule has 9 heteroatoms. The van der Waals surface area contributed by atoms with Gasteiger partial charge in [0.15, 0.2) is 0 Å². The number of rotatable bonds is 10. The highest BCUT2D eigenvalue weighted by Gasteiger charge is 2.28. The molecule has 1 N–H and O–H groups in total. The van der Waals surface area contributed by atoms with Gasteiger partial charge in [-0.2, -0.15) is 0 Å². The summed E-state index contributed by atoms with van der Waals surface area (Å²) in [6.07, 6.45) is -0.461. The van der Waals surface area contributed by atoms with Gasteiger partial charge in [-0.25, -0.2) is 4.79 Å². The fourth-order valence-electron chi connectivity index (χ4n) is 2.72. The monoisotopic (exact) mass is 469 g/mol. The van der Waals surface area contributed by atoms with Crippen LogP contribution < -0.4 is 5.32 Å². The highest BCUT2D eigenvalue weighted by atomic mass is 79.9. The number of benzene rings is 1. The molecule has 1 aliphatic rings.